The molecular weight excluding hydrogens is 252 g/mol. The van der Waals surface area contributed by atoms with Crippen LogP contribution in [0.4, 0.5) is 0 Å². The number of hydrogen-bond acceptors (Lipinski definition) is 4. The maximum absolute atomic E-state index is 5.58. The smallest absolute Gasteiger partial charge is 0.208 e. The standard InChI is InChI=1S/C16H22N2O2/c1-10-6-7-15(19-5)14(8-10)12(3)17-9-16-18-11(2)13(4)20-16/h6-8,12,17H,9H2,1-5H3. The molecule has 1 unspecified atom stereocenters. The lowest BCUT2D eigenvalue weighted by Crippen LogP contribution is -2.19. The van der Waals surface area contributed by atoms with Crippen LogP contribution in [0.25, 0.3) is 0 Å². The summed E-state index contributed by atoms with van der Waals surface area (Å²) in [6, 6.07) is 6.36. The van der Waals surface area contributed by atoms with Gasteiger partial charge in [-0.15, -0.1) is 0 Å². The zero-order valence-electron chi connectivity index (χ0n) is 12.8. The molecule has 0 amide bonds. The number of aromatic nitrogens is 1. The zero-order chi connectivity index (χ0) is 14.7. The van der Waals surface area contributed by atoms with Crippen molar-refractivity contribution in [1.82, 2.24) is 10.3 Å². The van der Waals surface area contributed by atoms with Crippen LogP contribution in [0.5, 0.6) is 5.75 Å². The maximum atomic E-state index is 5.58. The van der Waals surface area contributed by atoms with Crippen LogP contribution in [0.15, 0.2) is 22.6 Å². The topological polar surface area (TPSA) is 47.3 Å². The van der Waals surface area contributed by atoms with E-state index in [1.807, 2.05) is 19.9 Å². The van der Waals surface area contributed by atoms with Crippen LogP contribution in [0.2, 0.25) is 0 Å². The maximum Gasteiger partial charge on any atom is 0.208 e. The van der Waals surface area contributed by atoms with Gasteiger partial charge in [0.1, 0.15) is 11.5 Å². The number of nitrogens with zero attached hydrogens (tertiary/aromatic N) is 1. The third-order valence-corrected chi connectivity index (χ3v) is 3.48. The van der Waals surface area contributed by atoms with Gasteiger partial charge >= 0.3 is 0 Å². The molecule has 108 valence electrons. The van der Waals surface area contributed by atoms with Crippen molar-refractivity contribution in [2.45, 2.75) is 40.3 Å². The Bertz CT molecular complexity index is 571. The summed E-state index contributed by atoms with van der Waals surface area (Å²) >= 11 is 0. The van der Waals surface area contributed by atoms with Crippen molar-refractivity contribution in [1.29, 1.82) is 0 Å². The summed E-state index contributed by atoms with van der Waals surface area (Å²) in [5.74, 6) is 2.50. The summed E-state index contributed by atoms with van der Waals surface area (Å²) in [6.45, 7) is 8.68. The Hall–Kier alpha value is -1.81. The highest BCUT2D eigenvalue weighted by Gasteiger charge is 2.13. The van der Waals surface area contributed by atoms with Crippen molar-refractivity contribution < 1.29 is 9.15 Å². The number of benzene rings is 1. The van der Waals surface area contributed by atoms with Gasteiger partial charge in [0, 0.05) is 11.6 Å². The first kappa shape index (κ1) is 14.6. The van der Waals surface area contributed by atoms with Gasteiger partial charge in [-0.2, -0.15) is 0 Å². The lowest BCUT2D eigenvalue weighted by molar-refractivity contribution is 0.394. The number of nitrogens with one attached hydrogen (secondary N) is 1. The van der Waals surface area contributed by atoms with Gasteiger partial charge in [-0.25, -0.2) is 4.98 Å². The third kappa shape index (κ3) is 3.20. The van der Waals surface area contributed by atoms with Crippen molar-refractivity contribution in [2.75, 3.05) is 7.11 Å². The minimum Gasteiger partial charge on any atom is -0.496 e. The van der Waals surface area contributed by atoms with E-state index in [2.05, 4.69) is 36.3 Å². The highest BCUT2D eigenvalue weighted by molar-refractivity contribution is 5.38. The summed E-state index contributed by atoms with van der Waals surface area (Å²) in [4.78, 5) is 4.38. The molecule has 1 heterocycles. The van der Waals surface area contributed by atoms with Gasteiger partial charge in [0.15, 0.2) is 0 Å². The van der Waals surface area contributed by atoms with Gasteiger partial charge in [-0.1, -0.05) is 17.7 Å². The van der Waals surface area contributed by atoms with E-state index in [9.17, 15) is 0 Å². The van der Waals surface area contributed by atoms with E-state index < -0.39 is 0 Å². The van der Waals surface area contributed by atoms with Crippen LogP contribution < -0.4 is 10.1 Å². The van der Waals surface area contributed by atoms with Crippen molar-refractivity contribution in [3.05, 3.63) is 46.7 Å². The lowest BCUT2D eigenvalue weighted by Gasteiger charge is -2.17. The first-order valence-corrected chi connectivity index (χ1v) is 6.82. The van der Waals surface area contributed by atoms with Gasteiger partial charge in [-0.05, 0) is 33.8 Å². The Labute approximate surface area is 120 Å². The molecule has 0 aliphatic heterocycles. The van der Waals surface area contributed by atoms with Crippen molar-refractivity contribution in [3.8, 4) is 5.75 Å². The van der Waals surface area contributed by atoms with Gasteiger partial charge in [0.25, 0.3) is 0 Å². The van der Waals surface area contributed by atoms with E-state index in [1.165, 1.54) is 5.56 Å². The second kappa shape index (κ2) is 6.09. The van der Waals surface area contributed by atoms with Crippen LogP contribution in [-0.4, -0.2) is 12.1 Å². The average molecular weight is 274 g/mol. The number of aryl methyl sites for hydroxylation is 3. The number of methoxy groups -OCH3 is 1. The molecule has 4 nitrogen and oxygen atoms in total. The van der Waals surface area contributed by atoms with Gasteiger partial charge < -0.3 is 14.5 Å². The normalized spacial score (nSPS) is 12.4. The number of rotatable bonds is 5. The molecule has 4 heteroatoms. The van der Waals surface area contributed by atoms with Gasteiger partial charge in [0.05, 0.1) is 19.3 Å². The number of oxazole rings is 1. The summed E-state index contributed by atoms with van der Waals surface area (Å²) < 4.78 is 11.0. The minimum absolute atomic E-state index is 0.164. The summed E-state index contributed by atoms with van der Waals surface area (Å²) in [5, 5.41) is 3.42. The molecule has 20 heavy (non-hydrogen) atoms. The summed E-state index contributed by atoms with van der Waals surface area (Å²) in [6.07, 6.45) is 0. The number of hydrogen-bond donors (Lipinski definition) is 1. The van der Waals surface area contributed by atoms with E-state index in [4.69, 9.17) is 9.15 Å². The monoisotopic (exact) mass is 274 g/mol. The van der Waals surface area contributed by atoms with E-state index in [0.717, 1.165) is 28.7 Å². The molecule has 0 saturated carbocycles. The van der Waals surface area contributed by atoms with Crippen LogP contribution in [-0.2, 0) is 6.54 Å². The second-order valence-electron chi connectivity index (χ2n) is 5.10. The molecule has 0 aliphatic carbocycles. The molecule has 2 aromatic rings. The highest BCUT2D eigenvalue weighted by atomic mass is 16.5. The molecule has 0 bridgehead atoms. The van der Waals surface area contributed by atoms with Crippen molar-refractivity contribution >= 4 is 0 Å². The Balaban J connectivity index is 2.08. The van der Waals surface area contributed by atoms with Crippen LogP contribution in [0, 0.1) is 20.8 Å². The predicted molar refractivity (Wildman–Crippen MR) is 79.0 cm³/mol. The lowest BCUT2D eigenvalue weighted by atomic mass is 10.0. The molecule has 1 aromatic heterocycles. The molecule has 2 rings (SSSR count). The van der Waals surface area contributed by atoms with E-state index in [1.54, 1.807) is 7.11 Å². The highest BCUT2D eigenvalue weighted by Crippen LogP contribution is 2.26. The first-order valence-electron chi connectivity index (χ1n) is 6.82. The largest absolute Gasteiger partial charge is 0.496 e. The summed E-state index contributed by atoms with van der Waals surface area (Å²) in [7, 11) is 1.70. The molecule has 0 fully saturated rings. The first-order chi connectivity index (χ1) is 9.51. The molecule has 0 spiro atoms. The fraction of sp³-hybridized carbons (Fsp3) is 0.438. The van der Waals surface area contributed by atoms with Gasteiger partial charge in [0.2, 0.25) is 5.89 Å². The second-order valence-corrected chi connectivity index (χ2v) is 5.10. The Morgan fingerprint density at radius 3 is 2.65 bits per heavy atom. The van der Waals surface area contributed by atoms with Crippen molar-refractivity contribution in [3.63, 3.8) is 0 Å². The van der Waals surface area contributed by atoms with E-state index >= 15 is 0 Å². The number of ether oxygens (including phenoxy) is 1. The predicted octanol–water partition coefficient (Wildman–Crippen LogP) is 3.46. The van der Waals surface area contributed by atoms with E-state index in [0.29, 0.717) is 6.54 Å². The van der Waals surface area contributed by atoms with Gasteiger partial charge in [-0.3, -0.25) is 0 Å². The average Bonchev–Trinajstić information content (AvgIpc) is 2.75. The van der Waals surface area contributed by atoms with Crippen LogP contribution >= 0.6 is 0 Å². The molecule has 1 atom stereocenters. The molecule has 0 saturated heterocycles. The molecule has 0 radical (unpaired) electrons. The summed E-state index contributed by atoms with van der Waals surface area (Å²) in [5.41, 5.74) is 3.31. The van der Waals surface area contributed by atoms with E-state index in [-0.39, 0.29) is 6.04 Å². The van der Waals surface area contributed by atoms with Crippen molar-refractivity contribution in [2.24, 2.45) is 0 Å². The molecule has 0 aliphatic rings. The molecule has 1 N–H and O–H groups in total. The Morgan fingerprint density at radius 1 is 1.30 bits per heavy atom. The fourth-order valence-electron chi connectivity index (χ4n) is 2.16. The van der Waals surface area contributed by atoms with Crippen LogP contribution in [0.3, 0.4) is 0 Å². The molecular formula is C16H22N2O2. The Kier molecular flexibility index (Phi) is 4.45. The minimum atomic E-state index is 0.164. The third-order valence-electron chi connectivity index (χ3n) is 3.48. The zero-order valence-corrected chi connectivity index (χ0v) is 12.8. The Morgan fingerprint density at radius 2 is 2.05 bits per heavy atom. The molecule has 1 aromatic carbocycles. The van der Waals surface area contributed by atoms with Crippen LogP contribution in [0.1, 0.15) is 41.4 Å². The quantitative estimate of drug-likeness (QED) is 0.907. The fourth-order valence-corrected chi connectivity index (χ4v) is 2.16. The SMILES string of the molecule is COc1ccc(C)cc1C(C)NCc1nc(C)c(C)o1.